The molecule has 0 N–H and O–H groups in total. The van der Waals surface area contributed by atoms with E-state index in [4.69, 9.17) is 4.74 Å². The molecule has 2 saturated carbocycles. The third-order valence-corrected chi connectivity index (χ3v) is 8.88. The van der Waals surface area contributed by atoms with Crippen LogP contribution >= 0.6 is 0 Å². The van der Waals surface area contributed by atoms with Crippen LogP contribution in [-0.4, -0.2) is 12.5 Å². The summed E-state index contributed by atoms with van der Waals surface area (Å²) in [7, 11) is 0. The zero-order chi connectivity index (χ0) is 31.8. The Morgan fingerprint density at radius 3 is 1.80 bits per heavy atom. The lowest BCUT2D eigenvalue weighted by Gasteiger charge is -2.34. The van der Waals surface area contributed by atoms with Gasteiger partial charge in [0, 0.05) is 11.6 Å². The standard InChI is InChI=1S/C33H31F9O2/c1-18-2-4-19(5-3-18)21-8-12-25(27(34)14-21)20-6-9-23(10-7-20)32(38,39)43-24-11-13-26(28(35)17-24)22-15-29(36)31(30(37)16-22)44-33(40,41)42/h8,11-20,23H,2-7,9-10H2,1H3. The van der Waals surface area contributed by atoms with Crippen molar-refractivity contribution < 1.29 is 49.0 Å². The first kappa shape index (κ1) is 32.0. The molecule has 0 heterocycles. The second-order valence-corrected chi connectivity index (χ2v) is 11.9. The molecule has 3 aromatic rings. The van der Waals surface area contributed by atoms with Gasteiger partial charge in [0.15, 0.2) is 11.6 Å². The zero-order valence-corrected chi connectivity index (χ0v) is 23.8. The normalized spacial score (nSPS) is 23.0. The average molecular weight is 631 g/mol. The number of ether oxygens (including phenoxy) is 2. The molecule has 3 aromatic carbocycles. The molecule has 0 saturated heterocycles. The van der Waals surface area contributed by atoms with E-state index in [9.17, 15) is 26.3 Å². The minimum absolute atomic E-state index is 0.0465. The Hall–Kier alpha value is -3.37. The van der Waals surface area contributed by atoms with Crippen LogP contribution in [0.25, 0.3) is 11.1 Å². The highest BCUT2D eigenvalue weighted by Crippen LogP contribution is 2.45. The average Bonchev–Trinajstić information content (AvgIpc) is 2.95. The summed E-state index contributed by atoms with van der Waals surface area (Å²) in [5, 5.41) is 0. The Morgan fingerprint density at radius 1 is 0.614 bits per heavy atom. The van der Waals surface area contributed by atoms with Gasteiger partial charge < -0.3 is 9.47 Å². The van der Waals surface area contributed by atoms with Crippen LogP contribution in [0.5, 0.6) is 11.5 Å². The third kappa shape index (κ3) is 7.29. The van der Waals surface area contributed by atoms with Gasteiger partial charge in [-0.3, -0.25) is 0 Å². The molecule has 2 nitrogen and oxygen atoms in total. The van der Waals surface area contributed by atoms with Crippen LogP contribution in [0.3, 0.4) is 0 Å². The van der Waals surface area contributed by atoms with Crippen molar-refractivity contribution in [2.75, 3.05) is 0 Å². The summed E-state index contributed by atoms with van der Waals surface area (Å²) >= 11 is 0. The lowest BCUT2D eigenvalue weighted by Crippen LogP contribution is -2.37. The maximum atomic E-state index is 15.1. The largest absolute Gasteiger partial charge is 0.573 e. The van der Waals surface area contributed by atoms with Crippen molar-refractivity contribution in [2.24, 2.45) is 11.8 Å². The number of alkyl halides is 5. The summed E-state index contributed by atoms with van der Waals surface area (Å²) in [5.41, 5.74) is 0.567. The van der Waals surface area contributed by atoms with Gasteiger partial charge in [-0.15, -0.1) is 13.2 Å². The molecule has 0 bridgehead atoms. The van der Waals surface area contributed by atoms with Crippen molar-refractivity contribution in [1.29, 1.82) is 0 Å². The monoisotopic (exact) mass is 630 g/mol. The molecule has 0 aromatic heterocycles. The van der Waals surface area contributed by atoms with Gasteiger partial charge in [-0.05, 0) is 103 Å². The molecule has 2 fully saturated rings. The number of hydrogen-bond donors (Lipinski definition) is 0. The zero-order valence-electron chi connectivity index (χ0n) is 23.8. The first-order valence-corrected chi connectivity index (χ1v) is 14.6. The summed E-state index contributed by atoms with van der Waals surface area (Å²) in [6.45, 7) is 2.22. The van der Waals surface area contributed by atoms with E-state index in [1.807, 2.05) is 6.07 Å². The van der Waals surface area contributed by atoms with Gasteiger partial charge in [0.25, 0.3) is 0 Å². The van der Waals surface area contributed by atoms with E-state index in [0.29, 0.717) is 48.4 Å². The minimum atomic E-state index is -5.35. The molecule has 0 aliphatic heterocycles. The van der Waals surface area contributed by atoms with E-state index in [-0.39, 0.29) is 24.6 Å². The predicted molar refractivity (Wildman–Crippen MR) is 145 cm³/mol. The number of benzene rings is 3. The fraction of sp³-hybridized carbons (Fsp3) is 0.455. The molecular weight excluding hydrogens is 599 g/mol. The van der Waals surface area contributed by atoms with E-state index in [1.54, 1.807) is 12.1 Å². The summed E-state index contributed by atoms with van der Waals surface area (Å²) in [6.07, 6.45) is -4.03. The van der Waals surface area contributed by atoms with Crippen molar-refractivity contribution in [1.82, 2.24) is 0 Å². The highest BCUT2D eigenvalue weighted by molar-refractivity contribution is 5.66. The van der Waals surface area contributed by atoms with Crippen LogP contribution in [0.2, 0.25) is 0 Å². The predicted octanol–water partition coefficient (Wildman–Crippen LogP) is 11.0. The number of rotatable bonds is 7. The third-order valence-electron chi connectivity index (χ3n) is 8.88. The Labute approximate surface area is 249 Å². The van der Waals surface area contributed by atoms with E-state index in [0.717, 1.165) is 43.4 Å². The highest BCUT2D eigenvalue weighted by atomic mass is 19.4. The maximum absolute atomic E-state index is 15.1. The minimum Gasteiger partial charge on any atom is -0.432 e. The molecule has 0 spiro atoms. The molecule has 11 heteroatoms. The van der Waals surface area contributed by atoms with Gasteiger partial charge in [-0.1, -0.05) is 31.9 Å². The Kier molecular flexibility index (Phi) is 9.14. The lowest BCUT2D eigenvalue weighted by atomic mass is 9.76. The Balaban J connectivity index is 1.21. The molecule has 0 radical (unpaired) electrons. The Bertz CT molecular complexity index is 1450. The van der Waals surface area contributed by atoms with Crippen molar-refractivity contribution in [2.45, 2.75) is 82.6 Å². The van der Waals surface area contributed by atoms with Gasteiger partial charge in [-0.2, -0.15) is 8.78 Å². The van der Waals surface area contributed by atoms with Gasteiger partial charge in [0.1, 0.15) is 17.4 Å². The van der Waals surface area contributed by atoms with Crippen LogP contribution in [0.4, 0.5) is 39.5 Å². The lowest BCUT2D eigenvalue weighted by molar-refractivity contribution is -0.276. The Morgan fingerprint density at radius 2 is 1.23 bits per heavy atom. The van der Waals surface area contributed by atoms with Crippen LogP contribution in [0, 0.1) is 35.1 Å². The van der Waals surface area contributed by atoms with Crippen LogP contribution in [0.15, 0.2) is 48.5 Å². The SMILES string of the molecule is CC1CCC(c2ccc(C3CCC(C(F)(F)Oc4ccc(-c5cc(F)c(OC(F)(F)F)c(F)c5)c(F)c4)CC3)c(F)c2)CC1. The topological polar surface area (TPSA) is 18.5 Å². The molecule has 5 rings (SSSR count). The van der Waals surface area contributed by atoms with Gasteiger partial charge in [0.2, 0.25) is 5.75 Å². The summed E-state index contributed by atoms with van der Waals surface area (Å²) in [4.78, 5) is 0. The molecule has 0 amide bonds. The van der Waals surface area contributed by atoms with Crippen LogP contribution in [-0.2, 0) is 0 Å². The van der Waals surface area contributed by atoms with Crippen molar-refractivity contribution in [3.05, 3.63) is 82.9 Å². The smallest absolute Gasteiger partial charge is 0.432 e. The van der Waals surface area contributed by atoms with E-state index in [2.05, 4.69) is 11.7 Å². The molecule has 2 aliphatic rings. The first-order valence-electron chi connectivity index (χ1n) is 14.6. The van der Waals surface area contributed by atoms with E-state index < -0.39 is 58.5 Å². The van der Waals surface area contributed by atoms with Crippen molar-refractivity contribution in [3.8, 4) is 22.6 Å². The van der Waals surface area contributed by atoms with Gasteiger partial charge in [-0.25, -0.2) is 17.6 Å². The van der Waals surface area contributed by atoms with E-state index in [1.165, 1.54) is 0 Å². The van der Waals surface area contributed by atoms with E-state index >= 15 is 13.2 Å². The number of hydrogen-bond acceptors (Lipinski definition) is 2. The quantitative estimate of drug-likeness (QED) is 0.242. The van der Waals surface area contributed by atoms with Gasteiger partial charge in [0.05, 0.1) is 5.92 Å². The fourth-order valence-electron chi connectivity index (χ4n) is 6.42. The summed E-state index contributed by atoms with van der Waals surface area (Å²) in [5.74, 6) is -7.62. The first-order chi connectivity index (χ1) is 20.7. The van der Waals surface area contributed by atoms with Crippen molar-refractivity contribution >= 4 is 0 Å². The summed E-state index contributed by atoms with van der Waals surface area (Å²) < 4.78 is 134. The highest BCUT2D eigenvalue weighted by Gasteiger charge is 2.44. The second-order valence-electron chi connectivity index (χ2n) is 11.9. The van der Waals surface area contributed by atoms with Crippen LogP contribution in [0.1, 0.15) is 81.3 Å². The molecule has 2 aliphatic carbocycles. The summed E-state index contributed by atoms with van der Waals surface area (Å²) in [6, 6.07) is 8.69. The molecule has 44 heavy (non-hydrogen) atoms. The van der Waals surface area contributed by atoms with Crippen LogP contribution < -0.4 is 9.47 Å². The molecule has 0 atom stereocenters. The second kappa shape index (κ2) is 12.6. The molecule has 238 valence electrons. The molecule has 0 unspecified atom stereocenters. The molecular formula is C33H31F9O2. The fourth-order valence-corrected chi connectivity index (χ4v) is 6.42. The number of halogens is 9. The van der Waals surface area contributed by atoms with Gasteiger partial charge >= 0.3 is 12.5 Å². The maximum Gasteiger partial charge on any atom is 0.573 e. The van der Waals surface area contributed by atoms with Crippen molar-refractivity contribution in [3.63, 3.8) is 0 Å².